The van der Waals surface area contributed by atoms with Crippen LogP contribution in [0.1, 0.15) is 45.6 Å². The monoisotopic (exact) mass is 662 g/mol. The van der Waals surface area contributed by atoms with Crippen molar-refractivity contribution >= 4 is 23.9 Å². The lowest BCUT2D eigenvalue weighted by Gasteiger charge is -2.48. The largest absolute Gasteiger partial charge is 0.479 e. The molecule has 47 heavy (non-hydrogen) atoms. The molecular formula is C33H42O14. The van der Waals surface area contributed by atoms with Crippen LogP contribution in [0.25, 0.3) is 0 Å². The van der Waals surface area contributed by atoms with Gasteiger partial charge in [-0.15, -0.1) is 0 Å². The van der Waals surface area contributed by atoms with Crippen molar-refractivity contribution in [3.8, 4) is 0 Å². The van der Waals surface area contributed by atoms with Crippen LogP contribution in [0, 0.1) is 11.8 Å². The Hall–Kier alpha value is -3.92. The van der Waals surface area contributed by atoms with Crippen molar-refractivity contribution in [3.05, 3.63) is 71.8 Å². The molecule has 3 rings (SSSR count). The Labute approximate surface area is 271 Å². The standard InChI is InChI=1S/C33H42O14/c1-5-18(2)15-19(3)11-12-23(35)45-26-25(37)31(14-13-20(4)24(36)22(17-34)16-21-9-7-6-8-10-21)46-27(28(38)39)32(44,29(40)41)33(26,47-31)30(42)43/h6-12,15,18,22,24-27,34,36-37,44H,4-5,13-14,16-17H2,1-3H3,(H,38,39)(H,40,41)(H,42,43)/b12-11+,19-15+/t18?,22?,24?,25-,26-,27-,31+,32-,33+/m1/s1. The van der Waals surface area contributed by atoms with E-state index in [-0.39, 0.29) is 24.3 Å². The van der Waals surface area contributed by atoms with Gasteiger partial charge in [0, 0.05) is 25.0 Å². The SMILES string of the molecule is C=C(CC[C@]12O[C@H](C(=O)O)[C@@](O)(C(=O)O)[C@](C(=O)O)(O1)[C@H](OC(=O)/C=C/C(C)=C/C(C)CC)[C@H]2O)C(O)C(CO)Cc1ccccc1. The van der Waals surface area contributed by atoms with Gasteiger partial charge in [-0.2, -0.15) is 0 Å². The predicted molar refractivity (Wildman–Crippen MR) is 163 cm³/mol. The average Bonchev–Trinajstić information content (AvgIpc) is 3.24. The average molecular weight is 663 g/mol. The van der Waals surface area contributed by atoms with E-state index in [0.29, 0.717) is 5.57 Å². The number of carbonyl (C=O) groups excluding carboxylic acids is 1. The zero-order valence-electron chi connectivity index (χ0n) is 26.3. The van der Waals surface area contributed by atoms with Crippen molar-refractivity contribution in [2.75, 3.05) is 6.61 Å². The molecule has 0 spiro atoms. The summed E-state index contributed by atoms with van der Waals surface area (Å²) in [6.07, 6.45) is -4.89. The van der Waals surface area contributed by atoms with Crippen LogP contribution < -0.4 is 0 Å². The molecule has 0 aromatic heterocycles. The molecule has 258 valence electrons. The number of hydrogen-bond donors (Lipinski definition) is 7. The van der Waals surface area contributed by atoms with Crippen LogP contribution in [0.2, 0.25) is 0 Å². The second-order valence-corrected chi connectivity index (χ2v) is 12.0. The molecule has 2 fully saturated rings. The summed E-state index contributed by atoms with van der Waals surface area (Å²) in [5.41, 5.74) is -6.01. The molecule has 1 aromatic rings. The minimum Gasteiger partial charge on any atom is -0.479 e. The fourth-order valence-electron chi connectivity index (χ4n) is 5.94. The first-order valence-corrected chi connectivity index (χ1v) is 15.1. The van der Waals surface area contributed by atoms with E-state index in [9.17, 15) is 54.9 Å². The minimum absolute atomic E-state index is 0.0487. The highest BCUT2D eigenvalue weighted by atomic mass is 16.8. The third-order valence-electron chi connectivity index (χ3n) is 8.75. The van der Waals surface area contributed by atoms with Gasteiger partial charge in [0.15, 0.2) is 6.10 Å². The number of carboxylic acid groups (broad SMARTS) is 3. The summed E-state index contributed by atoms with van der Waals surface area (Å²) in [5, 5.41) is 74.0. The van der Waals surface area contributed by atoms with Gasteiger partial charge in [-0.3, -0.25) is 0 Å². The summed E-state index contributed by atoms with van der Waals surface area (Å²) in [4.78, 5) is 50.5. The van der Waals surface area contributed by atoms with Crippen LogP contribution in [0.5, 0.6) is 0 Å². The number of benzene rings is 1. The summed E-state index contributed by atoms with van der Waals surface area (Å²) in [7, 11) is 0. The molecule has 14 heteroatoms. The van der Waals surface area contributed by atoms with E-state index in [1.807, 2.05) is 19.9 Å². The van der Waals surface area contributed by atoms with E-state index in [1.165, 1.54) is 6.08 Å². The highest BCUT2D eigenvalue weighted by Crippen LogP contribution is 2.55. The van der Waals surface area contributed by atoms with Crippen molar-refractivity contribution in [3.63, 3.8) is 0 Å². The first kappa shape index (κ1) is 37.5. The first-order valence-electron chi connectivity index (χ1n) is 15.1. The maximum absolute atomic E-state index is 12.9. The fourth-order valence-corrected chi connectivity index (χ4v) is 5.94. The third kappa shape index (κ3) is 7.17. The number of rotatable bonds is 16. The number of hydrogen-bond acceptors (Lipinski definition) is 11. The highest BCUT2D eigenvalue weighted by Gasteiger charge is 2.85. The van der Waals surface area contributed by atoms with Gasteiger partial charge >= 0.3 is 23.9 Å². The smallest absolute Gasteiger partial charge is 0.344 e. The Balaban J connectivity index is 2.00. The number of ether oxygens (including phenoxy) is 3. The summed E-state index contributed by atoms with van der Waals surface area (Å²) < 4.78 is 16.2. The zero-order chi connectivity index (χ0) is 35.3. The van der Waals surface area contributed by atoms with E-state index < -0.39 is 84.2 Å². The van der Waals surface area contributed by atoms with E-state index in [0.717, 1.165) is 18.1 Å². The Morgan fingerprint density at radius 3 is 2.26 bits per heavy atom. The van der Waals surface area contributed by atoms with Crippen LogP contribution in [-0.4, -0.2) is 108 Å². The summed E-state index contributed by atoms with van der Waals surface area (Å²) in [6.45, 7) is 8.94. The van der Waals surface area contributed by atoms with Gasteiger partial charge < -0.3 is 50.0 Å². The molecule has 1 aromatic carbocycles. The second-order valence-electron chi connectivity index (χ2n) is 12.0. The molecule has 2 aliphatic heterocycles. The Morgan fingerprint density at radius 1 is 1.09 bits per heavy atom. The van der Waals surface area contributed by atoms with Crippen molar-refractivity contribution in [2.45, 2.75) is 87.9 Å². The fraction of sp³-hybridized carbons (Fsp3) is 0.515. The van der Waals surface area contributed by atoms with E-state index in [4.69, 9.17) is 14.2 Å². The summed E-state index contributed by atoms with van der Waals surface area (Å²) >= 11 is 0. The third-order valence-corrected chi connectivity index (χ3v) is 8.75. The van der Waals surface area contributed by atoms with E-state index >= 15 is 0 Å². The van der Waals surface area contributed by atoms with Gasteiger partial charge in [0.25, 0.3) is 0 Å². The lowest BCUT2D eigenvalue weighted by molar-refractivity contribution is -0.374. The molecule has 3 unspecified atom stereocenters. The topological polar surface area (TPSA) is 238 Å². The summed E-state index contributed by atoms with van der Waals surface area (Å²) in [6, 6.07) is 8.93. The Kier molecular flexibility index (Phi) is 11.9. The molecule has 0 aliphatic carbocycles. The van der Waals surface area contributed by atoms with Crippen LogP contribution in [0.3, 0.4) is 0 Å². The van der Waals surface area contributed by atoms with Crippen LogP contribution in [0.15, 0.2) is 66.3 Å². The van der Waals surface area contributed by atoms with Gasteiger partial charge in [0.2, 0.25) is 23.1 Å². The van der Waals surface area contributed by atoms with Crippen LogP contribution in [-0.2, 0) is 39.8 Å². The molecule has 0 amide bonds. The Morgan fingerprint density at radius 2 is 1.72 bits per heavy atom. The number of allylic oxidation sites excluding steroid dienone is 3. The number of aliphatic hydroxyl groups excluding tert-OH is 3. The van der Waals surface area contributed by atoms with Gasteiger partial charge in [-0.1, -0.05) is 74.9 Å². The molecular weight excluding hydrogens is 620 g/mol. The van der Waals surface area contributed by atoms with E-state index in [2.05, 4.69) is 6.58 Å². The second kappa shape index (κ2) is 14.9. The molecule has 0 saturated carbocycles. The number of esters is 1. The van der Waals surface area contributed by atoms with Crippen molar-refractivity contribution < 1.29 is 69.1 Å². The number of fused-ring (bicyclic) bond motifs is 2. The lowest BCUT2D eigenvalue weighted by Crippen LogP contribution is -2.78. The van der Waals surface area contributed by atoms with Crippen molar-refractivity contribution in [1.29, 1.82) is 0 Å². The zero-order valence-corrected chi connectivity index (χ0v) is 26.3. The van der Waals surface area contributed by atoms with Crippen molar-refractivity contribution in [2.24, 2.45) is 11.8 Å². The quantitative estimate of drug-likeness (QED) is 0.0570. The Bertz CT molecular complexity index is 1400. The number of carboxylic acids is 3. The maximum atomic E-state index is 12.9. The predicted octanol–water partition coefficient (Wildman–Crippen LogP) is 1.21. The molecule has 0 radical (unpaired) electrons. The minimum atomic E-state index is -3.92. The van der Waals surface area contributed by atoms with Gasteiger partial charge in [-0.25, -0.2) is 19.2 Å². The number of aliphatic carboxylic acids is 3. The molecule has 2 bridgehead atoms. The first-order chi connectivity index (χ1) is 22.0. The molecule has 2 heterocycles. The van der Waals surface area contributed by atoms with Gasteiger partial charge in [-0.05, 0) is 36.8 Å². The lowest BCUT2D eigenvalue weighted by atomic mass is 9.74. The molecule has 7 N–H and O–H groups in total. The maximum Gasteiger partial charge on any atom is 0.344 e. The van der Waals surface area contributed by atoms with Crippen LogP contribution in [0.4, 0.5) is 0 Å². The highest BCUT2D eigenvalue weighted by molar-refractivity contribution is 5.98. The molecule has 2 saturated heterocycles. The van der Waals surface area contributed by atoms with Gasteiger partial charge in [0.1, 0.15) is 6.10 Å². The molecule has 14 nitrogen and oxygen atoms in total. The van der Waals surface area contributed by atoms with E-state index in [1.54, 1.807) is 37.3 Å². The normalized spacial score (nSPS) is 30.8. The summed E-state index contributed by atoms with van der Waals surface area (Å²) in [5.74, 6) is -11.3. The number of carbonyl (C=O) groups is 4. The van der Waals surface area contributed by atoms with Crippen molar-refractivity contribution in [1.82, 2.24) is 0 Å². The number of aliphatic hydroxyl groups is 4. The molecule has 9 atom stereocenters. The molecule has 2 aliphatic rings. The van der Waals surface area contributed by atoms with Gasteiger partial charge in [0.05, 0.1) is 6.10 Å². The van der Waals surface area contributed by atoms with Crippen LogP contribution >= 0.6 is 0 Å².